The maximum absolute atomic E-state index is 3.70. The molecule has 0 radical (unpaired) electrons. The fourth-order valence-electron chi connectivity index (χ4n) is 2.17. The van der Waals surface area contributed by atoms with Gasteiger partial charge in [-0.15, -0.1) is 0 Å². The van der Waals surface area contributed by atoms with E-state index in [1.54, 1.807) is 0 Å². The lowest BCUT2D eigenvalue weighted by Crippen LogP contribution is -2.07. The Morgan fingerprint density at radius 1 is 1.12 bits per heavy atom. The summed E-state index contributed by atoms with van der Waals surface area (Å²) < 4.78 is 0. The van der Waals surface area contributed by atoms with Crippen molar-refractivity contribution in [1.29, 1.82) is 0 Å². The zero-order valence-corrected chi connectivity index (χ0v) is 6.52. The minimum absolute atomic E-state index is 0.890. The maximum atomic E-state index is 3.70. The molecule has 46 valence electrons. The van der Waals surface area contributed by atoms with Gasteiger partial charge in [0.15, 0.2) is 0 Å². The fourth-order valence-corrected chi connectivity index (χ4v) is 3.18. The molecular formula is C7H11Br. The Morgan fingerprint density at radius 2 is 2.00 bits per heavy atom. The second-order valence-electron chi connectivity index (χ2n) is 3.19. The molecule has 2 saturated carbocycles. The van der Waals surface area contributed by atoms with Gasteiger partial charge in [-0.2, -0.15) is 0 Å². The summed E-state index contributed by atoms with van der Waals surface area (Å²) in [6.07, 6.45) is 6.01. The third-order valence-electron chi connectivity index (χ3n) is 2.65. The molecule has 8 heavy (non-hydrogen) atoms. The second-order valence-corrected chi connectivity index (χ2v) is 4.37. The van der Waals surface area contributed by atoms with Crippen LogP contribution in [0.15, 0.2) is 0 Å². The zero-order chi connectivity index (χ0) is 5.56. The van der Waals surface area contributed by atoms with Gasteiger partial charge in [0.1, 0.15) is 0 Å². The van der Waals surface area contributed by atoms with Crippen LogP contribution >= 0.6 is 15.9 Å². The summed E-state index contributed by atoms with van der Waals surface area (Å²) in [6.45, 7) is 0. The van der Waals surface area contributed by atoms with Crippen LogP contribution in [0, 0.1) is 11.8 Å². The lowest BCUT2D eigenvalue weighted by Gasteiger charge is -2.13. The van der Waals surface area contributed by atoms with Gasteiger partial charge in [-0.05, 0) is 31.1 Å². The Hall–Kier alpha value is 0.480. The van der Waals surface area contributed by atoms with Gasteiger partial charge in [-0.3, -0.25) is 0 Å². The lowest BCUT2D eigenvalue weighted by molar-refractivity contribution is 0.497. The molecule has 0 saturated heterocycles. The van der Waals surface area contributed by atoms with Crippen molar-refractivity contribution in [3.05, 3.63) is 0 Å². The maximum Gasteiger partial charge on any atom is 0.0176 e. The van der Waals surface area contributed by atoms with Crippen molar-refractivity contribution < 1.29 is 0 Å². The normalized spacial score (nSPS) is 52.9. The molecule has 2 fully saturated rings. The minimum atomic E-state index is 0.890. The molecule has 2 aliphatic carbocycles. The standard InChI is InChI=1S/C7H11Br/c8-7-4-5-1-2-6(7)3-5/h5-7H,1-4H2/t5-,6+,7+/m1/s1. The highest BCUT2D eigenvalue weighted by Crippen LogP contribution is 2.47. The van der Waals surface area contributed by atoms with Crippen LogP contribution in [0.4, 0.5) is 0 Å². The third-order valence-corrected chi connectivity index (χ3v) is 3.77. The predicted molar refractivity (Wildman–Crippen MR) is 38.2 cm³/mol. The van der Waals surface area contributed by atoms with Crippen LogP contribution in [-0.2, 0) is 0 Å². The Morgan fingerprint density at radius 3 is 2.25 bits per heavy atom. The van der Waals surface area contributed by atoms with E-state index in [2.05, 4.69) is 15.9 Å². The summed E-state index contributed by atoms with van der Waals surface area (Å²) in [5.41, 5.74) is 0. The Bertz CT molecular complexity index is 98.6. The van der Waals surface area contributed by atoms with Crippen LogP contribution < -0.4 is 0 Å². The van der Waals surface area contributed by atoms with E-state index in [1.807, 2.05) is 0 Å². The zero-order valence-electron chi connectivity index (χ0n) is 4.94. The minimum Gasteiger partial charge on any atom is -0.0888 e. The van der Waals surface area contributed by atoms with E-state index in [0.717, 1.165) is 16.7 Å². The number of rotatable bonds is 0. The van der Waals surface area contributed by atoms with E-state index < -0.39 is 0 Å². The molecule has 0 aromatic carbocycles. The van der Waals surface area contributed by atoms with Gasteiger partial charge in [0.05, 0.1) is 0 Å². The molecule has 3 atom stereocenters. The molecular weight excluding hydrogens is 164 g/mol. The van der Waals surface area contributed by atoms with Crippen LogP contribution in [0.1, 0.15) is 25.7 Å². The lowest BCUT2D eigenvalue weighted by atomic mass is 10.0. The van der Waals surface area contributed by atoms with Crippen molar-refractivity contribution in [3.8, 4) is 0 Å². The highest BCUT2D eigenvalue weighted by atomic mass is 79.9. The quantitative estimate of drug-likeness (QED) is 0.496. The molecule has 0 unspecified atom stereocenters. The summed E-state index contributed by atoms with van der Waals surface area (Å²) >= 11 is 3.70. The van der Waals surface area contributed by atoms with Crippen LogP contribution in [-0.4, -0.2) is 4.83 Å². The van der Waals surface area contributed by atoms with Crippen LogP contribution in [0.3, 0.4) is 0 Å². The monoisotopic (exact) mass is 174 g/mol. The first-order valence-corrected chi connectivity index (χ1v) is 4.42. The third kappa shape index (κ3) is 0.637. The molecule has 0 heterocycles. The molecule has 1 heteroatoms. The average molecular weight is 175 g/mol. The SMILES string of the molecule is Br[C@H]1C[C@@H]2CC[C@H]1C2. The fraction of sp³-hybridized carbons (Fsp3) is 1.00. The van der Waals surface area contributed by atoms with E-state index in [-0.39, 0.29) is 0 Å². The van der Waals surface area contributed by atoms with Crippen molar-refractivity contribution in [1.82, 2.24) is 0 Å². The molecule has 0 amide bonds. The van der Waals surface area contributed by atoms with E-state index in [1.165, 1.54) is 25.7 Å². The van der Waals surface area contributed by atoms with E-state index in [4.69, 9.17) is 0 Å². The Labute approximate surface area is 58.8 Å². The van der Waals surface area contributed by atoms with E-state index >= 15 is 0 Å². The van der Waals surface area contributed by atoms with Crippen molar-refractivity contribution in [2.24, 2.45) is 11.8 Å². The summed E-state index contributed by atoms with van der Waals surface area (Å²) in [4.78, 5) is 0.890. The molecule has 0 N–H and O–H groups in total. The Balaban J connectivity index is 2.11. The van der Waals surface area contributed by atoms with Crippen LogP contribution in [0.5, 0.6) is 0 Å². The smallest absolute Gasteiger partial charge is 0.0176 e. The molecule has 0 aromatic heterocycles. The molecule has 2 bridgehead atoms. The van der Waals surface area contributed by atoms with Crippen LogP contribution in [0.2, 0.25) is 0 Å². The van der Waals surface area contributed by atoms with Gasteiger partial charge in [0.2, 0.25) is 0 Å². The largest absolute Gasteiger partial charge is 0.0888 e. The van der Waals surface area contributed by atoms with Gasteiger partial charge in [0, 0.05) is 4.83 Å². The summed E-state index contributed by atoms with van der Waals surface area (Å²) in [7, 11) is 0. The molecule has 0 nitrogen and oxygen atoms in total. The van der Waals surface area contributed by atoms with Crippen LogP contribution in [0.25, 0.3) is 0 Å². The van der Waals surface area contributed by atoms with Crippen molar-refractivity contribution in [2.45, 2.75) is 30.5 Å². The molecule has 2 aliphatic rings. The first kappa shape index (κ1) is 5.28. The van der Waals surface area contributed by atoms with Gasteiger partial charge < -0.3 is 0 Å². The van der Waals surface area contributed by atoms with Gasteiger partial charge in [-0.1, -0.05) is 22.4 Å². The van der Waals surface area contributed by atoms with Gasteiger partial charge in [-0.25, -0.2) is 0 Å². The van der Waals surface area contributed by atoms with Gasteiger partial charge >= 0.3 is 0 Å². The molecule has 2 rings (SSSR count). The second kappa shape index (κ2) is 1.73. The number of fused-ring (bicyclic) bond motifs is 2. The average Bonchev–Trinajstić information content (AvgIpc) is 2.23. The first-order chi connectivity index (χ1) is 3.86. The van der Waals surface area contributed by atoms with Crippen molar-refractivity contribution in [2.75, 3.05) is 0 Å². The Kier molecular flexibility index (Phi) is 1.14. The van der Waals surface area contributed by atoms with Crippen molar-refractivity contribution in [3.63, 3.8) is 0 Å². The number of halogens is 1. The number of alkyl halides is 1. The first-order valence-electron chi connectivity index (χ1n) is 3.50. The number of hydrogen-bond donors (Lipinski definition) is 0. The molecule has 0 aliphatic heterocycles. The molecule has 0 aromatic rings. The summed E-state index contributed by atoms with van der Waals surface area (Å²) in [5.74, 6) is 2.16. The highest BCUT2D eigenvalue weighted by molar-refractivity contribution is 9.09. The highest BCUT2D eigenvalue weighted by Gasteiger charge is 2.37. The summed E-state index contributed by atoms with van der Waals surface area (Å²) in [6, 6.07) is 0. The van der Waals surface area contributed by atoms with E-state index in [9.17, 15) is 0 Å². The van der Waals surface area contributed by atoms with Gasteiger partial charge in [0.25, 0.3) is 0 Å². The number of hydrogen-bond acceptors (Lipinski definition) is 0. The summed E-state index contributed by atoms with van der Waals surface area (Å²) in [5, 5.41) is 0. The molecule has 0 spiro atoms. The van der Waals surface area contributed by atoms with E-state index in [0.29, 0.717) is 0 Å². The predicted octanol–water partition coefficient (Wildman–Crippen LogP) is 2.57. The van der Waals surface area contributed by atoms with Crippen molar-refractivity contribution >= 4 is 15.9 Å². The topological polar surface area (TPSA) is 0 Å².